The predicted molar refractivity (Wildman–Crippen MR) is 72.6 cm³/mol. The van der Waals surface area contributed by atoms with Crippen LogP contribution in [0.25, 0.3) is 0 Å². The van der Waals surface area contributed by atoms with Crippen LogP contribution in [-0.4, -0.2) is 57.2 Å². The van der Waals surface area contributed by atoms with Gasteiger partial charge >= 0.3 is 12.0 Å². The molecule has 3 rings (SSSR count). The summed E-state index contributed by atoms with van der Waals surface area (Å²) >= 11 is 1.69. The van der Waals surface area contributed by atoms with Crippen molar-refractivity contribution in [1.29, 1.82) is 0 Å². The summed E-state index contributed by atoms with van der Waals surface area (Å²) in [5, 5.41) is 20.8. The van der Waals surface area contributed by atoms with E-state index in [1.165, 1.54) is 9.78 Å². The molecule has 0 spiro atoms. The molecule has 0 saturated carbocycles. The standard InChI is InChI=1S/C13H16N2O4S/c16-9-5-10(12(17)18)15(7-9)13(19)14-3-1-11-8(6-14)2-4-20-11/h2,4,9-10,16H,1,3,5-7H2,(H,17,18)/t9?,10-/m0/s1. The number of hydrogen-bond acceptors (Lipinski definition) is 4. The Balaban J connectivity index is 1.74. The van der Waals surface area contributed by atoms with Gasteiger partial charge in [-0.05, 0) is 23.4 Å². The third kappa shape index (κ3) is 2.27. The maximum atomic E-state index is 12.5. The second kappa shape index (κ2) is 5.06. The third-order valence-electron chi connectivity index (χ3n) is 3.89. The maximum absolute atomic E-state index is 12.5. The molecule has 2 aliphatic rings. The van der Waals surface area contributed by atoms with Gasteiger partial charge in [0.05, 0.1) is 6.10 Å². The van der Waals surface area contributed by atoms with E-state index in [1.807, 2.05) is 11.4 Å². The second-order valence-electron chi connectivity index (χ2n) is 5.22. The van der Waals surface area contributed by atoms with Crippen LogP contribution in [0, 0.1) is 0 Å². The Morgan fingerprint density at radius 2 is 2.20 bits per heavy atom. The first-order valence-electron chi connectivity index (χ1n) is 6.58. The van der Waals surface area contributed by atoms with Crippen LogP contribution in [0.1, 0.15) is 16.9 Å². The molecule has 20 heavy (non-hydrogen) atoms. The first kappa shape index (κ1) is 13.4. The number of β-amino-alcohol motifs (C(OH)–C–C–N with tert-alkyl or cyclic N) is 1. The lowest BCUT2D eigenvalue weighted by Gasteiger charge is -2.32. The number of carbonyl (C=O) groups is 2. The molecule has 0 radical (unpaired) electrons. The van der Waals surface area contributed by atoms with Gasteiger partial charge < -0.3 is 20.0 Å². The van der Waals surface area contributed by atoms with E-state index >= 15 is 0 Å². The number of aliphatic carboxylic acids is 1. The lowest BCUT2D eigenvalue weighted by Crippen LogP contribution is -2.49. The van der Waals surface area contributed by atoms with E-state index in [4.69, 9.17) is 5.11 Å². The van der Waals surface area contributed by atoms with E-state index < -0.39 is 18.1 Å². The summed E-state index contributed by atoms with van der Waals surface area (Å²) in [5.41, 5.74) is 1.14. The monoisotopic (exact) mass is 296 g/mol. The van der Waals surface area contributed by atoms with E-state index in [2.05, 4.69) is 0 Å². The molecule has 6 nitrogen and oxygen atoms in total. The van der Waals surface area contributed by atoms with E-state index in [0.29, 0.717) is 13.1 Å². The molecule has 2 amide bonds. The molecular weight excluding hydrogens is 280 g/mol. The van der Waals surface area contributed by atoms with Crippen molar-refractivity contribution in [2.75, 3.05) is 13.1 Å². The van der Waals surface area contributed by atoms with E-state index in [-0.39, 0.29) is 19.0 Å². The zero-order chi connectivity index (χ0) is 14.3. The normalized spacial score (nSPS) is 25.6. The number of urea groups is 1. The SMILES string of the molecule is O=C(O)[C@@H]1CC(O)CN1C(=O)N1CCc2sccc2C1. The Hall–Kier alpha value is -1.60. The average molecular weight is 296 g/mol. The number of carboxylic acid groups (broad SMARTS) is 1. The Morgan fingerprint density at radius 3 is 2.95 bits per heavy atom. The van der Waals surface area contributed by atoms with Gasteiger partial charge in [-0.1, -0.05) is 0 Å². The summed E-state index contributed by atoms with van der Waals surface area (Å²) in [5.74, 6) is -1.05. The molecule has 0 aromatic carbocycles. The Morgan fingerprint density at radius 1 is 1.40 bits per heavy atom. The van der Waals surface area contributed by atoms with Crippen molar-refractivity contribution >= 4 is 23.3 Å². The van der Waals surface area contributed by atoms with Crippen LogP contribution in [0.5, 0.6) is 0 Å². The number of nitrogens with zero attached hydrogens (tertiary/aromatic N) is 2. The van der Waals surface area contributed by atoms with Crippen molar-refractivity contribution in [3.8, 4) is 0 Å². The van der Waals surface area contributed by atoms with Crippen LogP contribution in [0.2, 0.25) is 0 Å². The van der Waals surface area contributed by atoms with Crippen molar-refractivity contribution in [3.63, 3.8) is 0 Å². The summed E-state index contributed by atoms with van der Waals surface area (Å²) in [7, 11) is 0. The minimum absolute atomic E-state index is 0.1000. The first-order chi connectivity index (χ1) is 9.56. The van der Waals surface area contributed by atoms with Gasteiger partial charge in [-0.25, -0.2) is 9.59 Å². The highest BCUT2D eigenvalue weighted by Crippen LogP contribution is 2.26. The minimum Gasteiger partial charge on any atom is -0.480 e. The number of likely N-dealkylation sites (tertiary alicyclic amines) is 1. The van der Waals surface area contributed by atoms with Crippen molar-refractivity contribution < 1.29 is 19.8 Å². The molecular formula is C13H16N2O4S. The van der Waals surface area contributed by atoms with Gasteiger partial charge in [0.1, 0.15) is 6.04 Å². The quantitative estimate of drug-likeness (QED) is 0.801. The molecule has 1 fully saturated rings. The molecule has 7 heteroatoms. The lowest BCUT2D eigenvalue weighted by molar-refractivity contribution is -0.141. The average Bonchev–Trinajstić information content (AvgIpc) is 3.02. The molecule has 1 aromatic rings. The minimum atomic E-state index is -1.05. The molecule has 2 atom stereocenters. The number of thiophene rings is 1. The van der Waals surface area contributed by atoms with Crippen LogP contribution < -0.4 is 0 Å². The van der Waals surface area contributed by atoms with E-state index in [1.54, 1.807) is 16.2 Å². The highest BCUT2D eigenvalue weighted by Gasteiger charge is 2.41. The zero-order valence-electron chi connectivity index (χ0n) is 10.9. The molecule has 108 valence electrons. The number of aliphatic hydroxyl groups is 1. The van der Waals surface area contributed by atoms with Crippen LogP contribution in [0.15, 0.2) is 11.4 Å². The largest absolute Gasteiger partial charge is 0.480 e. The fraction of sp³-hybridized carbons (Fsp3) is 0.538. The molecule has 2 aliphatic heterocycles. The Kier molecular flexibility index (Phi) is 3.39. The predicted octanol–water partition coefficient (Wildman–Crippen LogP) is 0.746. The first-order valence-corrected chi connectivity index (χ1v) is 7.46. The van der Waals surface area contributed by atoms with Crippen molar-refractivity contribution in [3.05, 3.63) is 21.9 Å². The topological polar surface area (TPSA) is 81.1 Å². The van der Waals surface area contributed by atoms with Crippen molar-refractivity contribution in [1.82, 2.24) is 9.80 Å². The fourth-order valence-electron chi connectivity index (χ4n) is 2.85. The van der Waals surface area contributed by atoms with E-state index in [9.17, 15) is 14.7 Å². The van der Waals surface area contributed by atoms with Crippen molar-refractivity contribution in [2.24, 2.45) is 0 Å². The van der Waals surface area contributed by atoms with Crippen LogP contribution >= 0.6 is 11.3 Å². The molecule has 1 aromatic heterocycles. The number of carbonyl (C=O) groups excluding carboxylic acids is 1. The summed E-state index contributed by atoms with van der Waals surface area (Å²) in [6.45, 7) is 1.23. The lowest BCUT2D eigenvalue weighted by atomic mass is 10.1. The van der Waals surface area contributed by atoms with Gasteiger partial charge in [-0.15, -0.1) is 11.3 Å². The maximum Gasteiger partial charge on any atom is 0.326 e. The number of aliphatic hydroxyl groups excluding tert-OH is 1. The number of amides is 2. The molecule has 1 saturated heterocycles. The molecule has 0 bridgehead atoms. The smallest absolute Gasteiger partial charge is 0.326 e. The highest BCUT2D eigenvalue weighted by atomic mass is 32.1. The van der Waals surface area contributed by atoms with Gasteiger partial charge in [0, 0.05) is 30.9 Å². The zero-order valence-corrected chi connectivity index (χ0v) is 11.7. The summed E-state index contributed by atoms with van der Waals surface area (Å²) in [6.07, 6.45) is 0.174. The number of carboxylic acids is 1. The molecule has 3 heterocycles. The van der Waals surface area contributed by atoms with Crippen LogP contribution in [-0.2, 0) is 17.8 Å². The van der Waals surface area contributed by atoms with Gasteiger partial charge in [0.15, 0.2) is 0 Å². The Bertz CT molecular complexity index is 544. The van der Waals surface area contributed by atoms with Gasteiger partial charge in [-0.3, -0.25) is 0 Å². The van der Waals surface area contributed by atoms with Gasteiger partial charge in [0.2, 0.25) is 0 Å². The van der Waals surface area contributed by atoms with E-state index in [0.717, 1.165) is 12.0 Å². The third-order valence-corrected chi connectivity index (χ3v) is 4.91. The highest BCUT2D eigenvalue weighted by molar-refractivity contribution is 7.10. The Labute approximate surface area is 120 Å². The number of fused-ring (bicyclic) bond motifs is 1. The van der Waals surface area contributed by atoms with Gasteiger partial charge in [0.25, 0.3) is 0 Å². The molecule has 2 N–H and O–H groups in total. The summed E-state index contributed by atoms with van der Waals surface area (Å²) in [4.78, 5) is 27.9. The van der Waals surface area contributed by atoms with Crippen LogP contribution in [0.3, 0.4) is 0 Å². The number of hydrogen-bond donors (Lipinski definition) is 2. The van der Waals surface area contributed by atoms with Crippen LogP contribution in [0.4, 0.5) is 4.79 Å². The van der Waals surface area contributed by atoms with Crippen molar-refractivity contribution in [2.45, 2.75) is 31.5 Å². The fourth-order valence-corrected chi connectivity index (χ4v) is 3.74. The summed E-state index contributed by atoms with van der Waals surface area (Å²) < 4.78 is 0. The summed E-state index contributed by atoms with van der Waals surface area (Å²) in [6, 6.07) is 0.805. The number of rotatable bonds is 1. The molecule has 1 unspecified atom stereocenters. The molecule has 0 aliphatic carbocycles. The van der Waals surface area contributed by atoms with Gasteiger partial charge in [-0.2, -0.15) is 0 Å². The second-order valence-corrected chi connectivity index (χ2v) is 6.22.